The monoisotopic (exact) mass is 318 g/mol. The molecular formula is C12H18N2O4S2. The molecule has 0 saturated carbocycles. The highest BCUT2D eigenvalue weighted by Crippen LogP contribution is 2.19. The summed E-state index contributed by atoms with van der Waals surface area (Å²) in [5.41, 5.74) is 6.07. The Balaban J connectivity index is 2.08. The van der Waals surface area contributed by atoms with Gasteiger partial charge >= 0.3 is 0 Å². The van der Waals surface area contributed by atoms with Gasteiger partial charge in [-0.25, -0.2) is 21.6 Å². The first-order valence-electron chi connectivity index (χ1n) is 6.32. The van der Waals surface area contributed by atoms with E-state index in [4.69, 9.17) is 5.73 Å². The predicted octanol–water partition coefficient (Wildman–Crippen LogP) is -0.142. The fourth-order valence-corrected chi connectivity index (χ4v) is 5.50. The zero-order chi connectivity index (χ0) is 14.8. The molecule has 0 bridgehead atoms. The molecule has 1 aromatic carbocycles. The minimum atomic E-state index is -3.65. The Kier molecular flexibility index (Phi) is 4.48. The molecule has 0 aromatic heterocycles. The predicted molar refractivity (Wildman–Crippen MR) is 76.3 cm³/mol. The second-order valence-electron chi connectivity index (χ2n) is 4.93. The molecule has 8 heteroatoms. The highest BCUT2D eigenvalue weighted by atomic mass is 32.2. The molecule has 6 nitrogen and oxygen atoms in total. The third-order valence-corrected chi connectivity index (χ3v) is 6.73. The number of hydrogen-bond acceptors (Lipinski definition) is 5. The summed E-state index contributed by atoms with van der Waals surface area (Å²) >= 11 is 0. The van der Waals surface area contributed by atoms with Gasteiger partial charge in [0.2, 0.25) is 10.0 Å². The zero-order valence-electron chi connectivity index (χ0n) is 10.9. The van der Waals surface area contributed by atoms with Crippen LogP contribution in [0, 0.1) is 5.92 Å². The van der Waals surface area contributed by atoms with Crippen LogP contribution >= 0.6 is 0 Å². The number of rotatable bonds is 5. The van der Waals surface area contributed by atoms with E-state index >= 15 is 0 Å². The Morgan fingerprint density at radius 3 is 2.60 bits per heavy atom. The van der Waals surface area contributed by atoms with Crippen molar-refractivity contribution in [1.82, 2.24) is 4.72 Å². The number of hydrogen-bond donors (Lipinski definition) is 2. The number of benzene rings is 1. The van der Waals surface area contributed by atoms with Crippen LogP contribution in [-0.4, -0.2) is 34.9 Å². The molecule has 3 N–H and O–H groups in total. The van der Waals surface area contributed by atoms with Gasteiger partial charge in [0.05, 0.1) is 16.4 Å². The highest BCUT2D eigenvalue weighted by Gasteiger charge is 2.29. The summed E-state index contributed by atoms with van der Waals surface area (Å²) in [6, 6.07) is 6.52. The SMILES string of the molecule is NCc1ccccc1S(=O)(=O)NCC1CCS(=O)(=O)C1. The van der Waals surface area contributed by atoms with Crippen molar-refractivity contribution in [2.24, 2.45) is 11.7 Å². The number of sulfone groups is 1. The normalized spacial score (nSPS) is 21.9. The van der Waals surface area contributed by atoms with Crippen LogP contribution in [0.2, 0.25) is 0 Å². The maximum absolute atomic E-state index is 12.2. The lowest BCUT2D eigenvalue weighted by molar-refractivity contribution is 0.542. The molecule has 20 heavy (non-hydrogen) atoms. The smallest absolute Gasteiger partial charge is 0.240 e. The van der Waals surface area contributed by atoms with E-state index in [0.717, 1.165) is 0 Å². The van der Waals surface area contributed by atoms with Gasteiger partial charge in [0.1, 0.15) is 0 Å². The Hall–Kier alpha value is -0.960. The van der Waals surface area contributed by atoms with Gasteiger partial charge in [0, 0.05) is 13.1 Å². The molecule has 1 saturated heterocycles. The summed E-state index contributed by atoms with van der Waals surface area (Å²) in [4.78, 5) is 0.156. The minimum Gasteiger partial charge on any atom is -0.326 e. The van der Waals surface area contributed by atoms with Crippen LogP contribution in [-0.2, 0) is 26.4 Å². The van der Waals surface area contributed by atoms with Gasteiger partial charge in [-0.2, -0.15) is 0 Å². The first kappa shape index (κ1) is 15.4. The van der Waals surface area contributed by atoms with E-state index in [-0.39, 0.29) is 35.4 Å². The first-order valence-corrected chi connectivity index (χ1v) is 9.62. The van der Waals surface area contributed by atoms with Gasteiger partial charge in [0.25, 0.3) is 0 Å². The summed E-state index contributed by atoms with van der Waals surface area (Å²) in [5, 5.41) is 0. The molecule has 2 rings (SSSR count). The van der Waals surface area contributed by atoms with Gasteiger partial charge in [-0.1, -0.05) is 18.2 Å². The molecule has 1 aromatic rings. The van der Waals surface area contributed by atoms with Crippen LogP contribution in [0.3, 0.4) is 0 Å². The van der Waals surface area contributed by atoms with E-state index in [9.17, 15) is 16.8 Å². The lowest BCUT2D eigenvalue weighted by Gasteiger charge is -2.12. The van der Waals surface area contributed by atoms with Crippen LogP contribution in [0.15, 0.2) is 29.2 Å². The average Bonchev–Trinajstić information content (AvgIpc) is 2.76. The minimum absolute atomic E-state index is 0.0497. The largest absolute Gasteiger partial charge is 0.326 e. The molecule has 1 aliphatic rings. The Labute approximate surface area is 119 Å². The topological polar surface area (TPSA) is 106 Å². The van der Waals surface area contributed by atoms with Crippen molar-refractivity contribution < 1.29 is 16.8 Å². The quantitative estimate of drug-likeness (QED) is 0.786. The lowest BCUT2D eigenvalue weighted by atomic mass is 10.1. The summed E-state index contributed by atoms with van der Waals surface area (Å²) in [5.74, 6) is 0.0344. The second-order valence-corrected chi connectivity index (χ2v) is 8.90. The second kappa shape index (κ2) is 5.80. The first-order chi connectivity index (χ1) is 9.34. The van der Waals surface area contributed by atoms with E-state index in [1.165, 1.54) is 6.07 Å². The molecular weight excluding hydrogens is 300 g/mol. The molecule has 0 aliphatic carbocycles. The van der Waals surface area contributed by atoms with Crippen molar-refractivity contribution in [3.8, 4) is 0 Å². The van der Waals surface area contributed by atoms with Crippen LogP contribution in [0.1, 0.15) is 12.0 Å². The third kappa shape index (κ3) is 3.57. The summed E-state index contributed by atoms with van der Waals surface area (Å²) in [6.45, 7) is 0.273. The molecule has 1 heterocycles. The Bertz CT molecular complexity index is 683. The standard InChI is InChI=1S/C12H18N2O4S2/c13-7-11-3-1-2-4-12(11)20(17,18)14-8-10-5-6-19(15,16)9-10/h1-4,10,14H,5-9,13H2. The summed E-state index contributed by atoms with van der Waals surface area (Å²) < 4.78 is 49.6. The van der Waals surface area contributed by atoms with E-state index in [1.807, 2.05) is 0 Å². The third-order valence-electron chi connectivity index (χ3n) is 3.37. The van der Waals surface area contributed by atoms with E-state index in [0.29, 0.717) is 12.0 Å². The van der Waals surface area contributed by atoms with Gasteiger partial charge < -0.3 is 5.73 Å². The van der Waals surface area contributed by atoms with Crippen molar-refractivity contribution in [3.63, 3.8) is 0 Å². The Morgan fingerprint density at radius 1 is 1.30 bits per heavy atom. The molecule has 1 unspecified atom stereocenters. The number of sulfonamides is 1. The van der Waals surface area contributed by atoms with Crippen molar-refractivity contribution in [1.29, 1.82) is 0 Å². The van der Waals surface area contributed by atoms with Crippen LogP contribution in [0.25, 0.3) is 0 Å². The van der Waals surface area contributed by atoms with E-state index < -0.39 is 19.9 Å². The van der Waals surface area contributed by atoms with Crippen molar-refractivity contribution >= 4 is 19.9 Å². The van der Waals surface area contributed by atoms with Crippen LogP contribution in [0.4, 0.5) is 0 Å². The van der Waals surface area contributed by atoms with Crippen LogP contribution in [0.5, 0.6) is 0 Å². The van der Waals surface area contributed by atoms with Crippen molar-refractivity contribution in [2.75, 3.05) is 18.1 Å². The van der Waals surface area contributed by atoms with Gasteiger partial charge in [0.15, 0.2) is 9.84 Å². The molecule has 1 fully saturated rings. The van der Waals surface area contributed by atoms with Crippen molar-refractivity contribution in [3.05, 3.63) is 29.8 Å². The lowest BCUT2D eigenvalue weighted by Crippen LogP contribution is -2.30. The summed E-state index contributed by atoms with van der Waals surface area (Å²) in [6.07, 6.45) is 0.503. The van der Waals surface area contributed by atoms with Gasteiger partial charge in [-0.05, 0) is 24.0 Å². The van der Waals surface area contributed by atoms with Gasteiger partial charge in [-0.15, -0.1) is 0 Å². The zero-order valence-corrected chi connectivity index (χ0v) is 12.6. The van der Waals surface area contributed by atoms with E-state index in [1.54, 1.807) is 18.2 Å². The van der Waals surface area contributed by atoms with Gasteiger partial charge in [-0.3, -0.25) is 0 Å². The van der Waals surface area contributed by atoms with Crippen molar-refractivity contribution in [2.45, 2.75) is 17.9 Å². The average molecular weight is 318 g/mol. The maximum atomic E-state index is 12.2. The fraction of sp³-hybridized carbons (Fsp3) is 0.500. The Morgan fingerprint density at radius 2 is 2.00 bits per heavy atom. The molecule has 112 valence electrons. The molecule has 0 amide bonds. The highest BCUT2D eigenvalue weighted by molar-refractivity contribution is 7.91. The molecule has 0 radical (unpaired) electrons. The molecule has 1 atom stereocenters. The number of nitrogens with one attached hydrogen (secondary N) is 1. The molecule has 1 aliphatic heterocycles. The summed E-state index contributed by atoms with van der Waals surface area (Å²) in [7, 11) is -6.65. The number of nitrogens with two attached hydrogens (primary N) is 1. The molecule has 0 spiro atoms. The van der Waals surface area contributed by atoms with E-state index in [2.05, 4.69) is 4.72 Å². The maximum Gasteiger partial charge on any atom is 0.240 e. The van der Waals surface area contributed by atoms with Crippen LogP contribution < -0.4 is 10.5 Å². The fourth-order valence-electron chi connectivity index (χ4n) is 2.27.